The average molecular weight is 282 g/mol. The first-order valence-corrected chi connectivity index (χ1v) is 7.06. The van der Waals surface area contributed by atoms with Crippen LogP contribution in [0.2, 0.25) is 0 Å². The highest BCUT2D eigenvalue weighted by Gasteiger charge is 2.52. The van der Waals surface area contributed by atoms with Gasteiger partial charge in [0.2, 0.25) is 5.91 Å². The Hall–Kier alpha value is -1.63. The van der Waals surface area contributed by atoms with Crippen molar-refractivity contribution in [3.8, 4) is 0 Å². The number of carbonyl (C=O) groups is 1. The minimum Gasteiger partial charge on any atom is -0.409 e. The Balaban J connectivity index is 2.09. The molecule has 0 aromatic carbocycles. The summed E-state index contributed by atoms with van der Waals surface area (Å²) in [5.74, 6) is 0.208. The third-order valence-corrected chi connectivity index (χ3v) is 4.55. The summed E-state index contributed by atoms with van der Waals surface area (Å²) in [7, 11) is 0. The first-order valence-electron chi connectivity index (χ1n) is 6.18. The summed E-state index contributed by atoms with van der Waals surface area (Å²) in [6.45, 7) is 3.92. The zero-order chi connectivity index (χ0) is 14.0. The van der Waals surface area contributed by atoms with Crippen molar-refractivity contribution in [2.24, 2.45) is 22.2 Å². The van der Waals surface area contributed by atoms with Crippen LogP contribution in [0.5, 0.6) is 0 Å². The lowest BCUT2D eigenvalue weighted by Crippen LogP contribution is -2.57. The number of hydrogen-bond acceptors (Lipinski definition) is 5. The number of amidine groups is 1. The van der Waals surface area contributed by atoms with E-state index in [4.69, 9.17) is 10.9 Å². The monoisotopic (exact) mass is 282 g/mol. The zero-order valence-electron chi connectivity index (χ0n) is 11.0. The average Bonchev–Trinajstić information content (AvgIpc) is 2.87. The molecule has 1 heterocycles. The molecular formula is C12H18N4O2S. The van der Waals surface area contributed by atoms with E-state index < -0.39 is 5.41 Å². The van der Waals surface area contributed by atoms with E-state index in [1.54, 1.807) is 6.20 Å². The topological polar surface area (TPSA) is 101 Å². The number of thiazole rings is 1. The standard InChI is InChI=1S/C12H18N4O2S/c1-7-5-12(6-7,10(13)16-18)11(17)15-8(2)9-14-3-4-19-9/h3-4,7-8,18H,5-6H2,1-2H3,(H2,13,16)(H,15,17). The van der Waals surface area contributed by atoms with Crippen LogP contribution in [-0.4, -0.2) is 21.9 Å². The van der Waals surface area contributed by atoms with E-state index in [0.717, 1.165) is 5.01 Å². The summed E-state index contributed by atoms with van der Waals surface area (Å²) >= 11 is 1.49. The molecule has 1 amide bonds. The molecule has 7 heteroatoms. The van der Waals surface area contributed by atoms with Crippen molar-refractivity contribution in [3.05, 3.63) is 16.6 Å². The van der Waals surface area contributed by atoms with Gasteiger partial charge in [-0.15, -0.1) is 11.3 Å². The molecule has 0 radical (unpaired) electrons. The summed E-state index contributed by atoms with van der Waals surface area (Å²) in [6.07, 6.45) is 2.92. The Morgan fingerprint density at radius 1 is 1.74 bits per heavy atom. The van der Waals surface area contributed by atoms with E-state index >= 15 is 0 Å². The third kappa shape index (κ3) is 2.42. The highest BCUT2D eigenvalue weighted by molar-refractivity contribution is 7.09. The van der Waals surface area contributed by atoms with Gasteiger partial charge in [0, 0.05) is 11.6 Å². The Labute approximate surface area is 115 Å². The highest BCUT2D eigenvalue weighted by atomic mass is 32.1. The predicted octanol–water partition coefficient (Wildman–Crippen LogP) is 1.48. The van der Waals surface area contributed by atoms with Crippen molar-refractivity contribution >= 4 is 23.1 Å². The molecule has 1 unspecified atom stereocenters. The molecule has 2 rings (SSSR count). The van der Waals surface area contributed by atoms with Crippen LogP contribution >= 0.6 is 11.3 Å². The van der Waals surface area contributed by atoms with Gasteiger partial charge in [0.25, 0.3) is 0 Å². The van der Waals surface area contributed by atoms with Gasteiger partial charge in [-0.25, -0.2) is 4.98 Å². The molecule has 0 aliphatic heterocycles. The van der Waals surface area contributed by atoms with Gasteiger partial charge in [0.1, 0.15) is 10.4 Å². The lowest BCUT2D eigenvalue weighted by molar-refractivity contribution is -0.133. The van der Waals surface area contributed by atoms with Gasteiger partial charge in [0.15, 0.2) is 5.84 Å². The number of carbonyl (C=O) groups excluding carboxylic acids is 1. The van der Waals surface area contributed by atoms with E-state index in [2.05, 4.69) is 15.5 Å². The van der Waals surface area contributed by atoms with E-state index in [1.165, 1.54) is 11.3 Å². The molecule has 1 atom stereocenters. The number of nitrogens with two attached hydrogens (primary N) is 1. The molecule has 1 saturated carbocycles. The molecule has 6 nitrogen and oxygen atoms in total. The third-order valence-electron chi connectivity index (χ3n) is 3.60. The number of rotatable bonds is 4. The van der Waals surface area contributed by atoms with E-state index in [9.17, 15) is 4.79 Å². The van der Waals surface area contributed by atoms with Gasteiger partial charge in [-0.1, -0.05) is 12.1 Å². The second-order valence-corrected chi connectivity index (χ2v) is 6.07. The van der Waals surface area contributed by atoms with Crippen LogP contribution in [-0.2, 0) is 4.79 Å². The second kappa shape index (κ2) is 5.16. The van der Waals surface area contributed by atoms with E-state index in [-0.39, 0.29) is 17.8 Å². The van der Waals surface area contributed by atoms with Crippen molar-refractivity contribution in [3.63, 3.8) is 0 Å². The van der Waals surface area contributed by atoms with Crippen molar-refractivity contribution in [1.82, 2.24) is 10.3 Å². The van der Waals surface area contributed by atoms with Crippen molar-refractivity contribution < 1.29 is 10.0 Å². The fraction of sp³-hybridized carbons (Fsp3) is 0.583. The summed E-state index contributed by atoms with van der Waals surface area (Å²) in [4.78, 5) is 16.6. The van der Waals surface area contributed by atoms with Gasteiger partial charge >= 0.3 is 0 Å². The molecule has 19 heavy (non-hydrogen) atoms. The molecule has 0 bridgehead atoms. The van der Waals surface area contributed by atoms with Crippen molar-refractivity contribution in [1.29, 1.82) is 0 Å². The fourth-order valence-electron chi connectivity index (χ4n) is 2.58. The van der Waals surface area contributed by atoms with Crippen LogP contribution in [0.25, 0.3) is 0 Å². The van der Waals surface area contributed by atoms with Crippen LogP contribution in [0.4, 0.5) is 0 Å². The molecule has 0 saturated heterocycles. The maximum atomic E-state index is 12.4. The summed E-state index contributed by atoms with van der Waals surface area (Å²) in [6, 6.07) is -0.174. The molecule has 1 aliphatic rings. The number of nitrogens with zero attached hydrogens (tertiary/aromatic N) is 2. The Bertz CT molecular complexity index is 480. The predicted molar refractivity (Wildman–Crippen MR) is 72.9 cm³/mol. The summed E-state index contributed by atoms with van der Waals surface area (Å²) in [5.41, 5.74) is 4.84. The Morgan fingerprint density at radius 2 is 2.42 bits per heavy atom. The van der Waals surface area contributed by atoms with Crippen LogP contribution in [0.3, 0.4) is 0 Å². The summed E-state index contributed by atoms with van der Waals surface area (Å²) < 4.78 is 0. The minimum absolute atomic E-state index is 0.00515. The number of aromatic nitrogens is 1. The normalized spacial score (nSPS) is 28.5. The zero-order valence-corrected chi connectivity index (χ0v) is 11.8. The van der Waals surface area contributed by atoms with Gasteiger partial charge in [-0.2, -0.15) is 0 Å². The first kappa shape index (κ1) is 13.8. The molecule has 1 fully saturated rings. The fourth-order valence-corrected chi connectivity index (χ4v) is 3.23. The molecule has 0 spiro atoms. The smallest absolute Gasteiger partial charge is 0.234 e. The largest absolute Gasteiger partial charge is 0.409 e. The quantitative estimate of drug-likeness (QED) is 0.337. The molecule has 1 aromatic rings. The molecule has 1 aromatic heterocycles. The van der Waals surface area contributed by atoms with Gasteiger partial charge < -0.3 is 16.3 Å². The number of nitrogens with one attached hydrogen (secondary N) is 1. The number of amides is 1. The maximum absolute atomic E-state index is 12.4. The Kier molecular flexibility index (Phi) is 3.75. The van der Waals surface area contributed by atoms with E-state index in [1.807, 2.05) is 19.2 Å². The number of hydrogen-bond donors (Lipinski definition) is 3. The molecule has 1 aliphatic carbocycles. The van der Waals surface area contributed by atoms with Crippen LogP contribution < -0.4 is 11.1 Å². The van der Waals surface area contributed by atoms with Gasteiger partial charge in [-0.3, -0.25) is 4.79 Å². The Morgan fingerprint density at radius 3 is 2.89 bits per heavy atom. The van der Waals surface area contributed by atoms with Gasteiger partial charge in [0.05, 0.1) is 6.04 Å². The lowest BCUT2D eigenvalue weighted by Gasteiger charge is -2.44. The first-order chi connectivity index (χ1) is 8.99. The van der Waals surface area contributed by atoms with Crippen LogP contribution in [0, 0.1) is 11.3 Å². The molecule has 104 valence electrons. The number of oxime groups is 1. The van der Waals surface area contributed by atoms with Crippen LogP contribution in [0.1, 0.15) is 37.7 Å². The van der Waals surface area contributed by atoms with Crippen molar-refractivity contribution in [2.45, 2.75) is 32.7 Å². The van der Waals surface area contributed by atoms with Crippen LogP contribution in [0.15, 0.2) is 16.7 Å². The molecular weight excluding hydrogens is 264 g/mol. The second-order valence-electron chi connectivity index (χ2n) is 5.15. The highest BCUT2D eigenvalue weighted by Crippen LogP contribution is 2.46. The van der Waals surface area contributed by atoms with E-state index in [0.29, 0.717) is 18.8 Å². The SMILES string of the molecule is CC1CC(C(=O)NC(C)c2nccs2)(/C(N)=N/O)C1. The minimum atomic E-state index is -0.861. The lowest BCUT2D eigenvalue weighted by atomic mass is 9.61. The van der Waals surface area contributed by atoms with Crippen molar-refractivity contribution in [2.75, 3.05) is 0 Å². The van der Waals surface area contributed by atoms with Gasteiger partial charge in [-0.05, 0) is 25.7 Å². The molecule has 4 N–H and O–H groups in total. The summed E-state index contributed by atoms with van der Waals surface area (Å²) in [5, 5.41) is 17.5. The maximum Gasteiger partial charge on any atom is 0.234 e.